The van der Waals surface area contributed by atoms with E-state index in [0.717, 1.165) is 66.4 Å². The van der Waals surface area contributed by atoms with Crippen LogP contribution in [0.25, 0.3) is 0 Å². The molecule has 0 spiro atoms. The number of hydrogen-bond acceptors (Lipinski definition) is 8. The number of hydrazine groups is 1. The van der Waals surface area contributed by atoms with Gasteiger partial charge in [0.2, 0.25) is 5.91 Å². The zero-order valence-electron chi connectivity index (χ0n) is 33.7. The third-order valence-electron chi connectivity index (χ3n) is 9.95. The van der Waals surface area contributed by atoms with Crippen LogP contribution in [0.1, 0.15) is 128 Å². The molecule has 0 aromatic heterocycles. The van der Waals surface area contributed by atoms with Crippen molar-refractivity contribution in [1.82, 2.24) is 21.0 Å². The van der Waals surface area contributed by atoms with Gasteiger partial charge < -0.3 is 32.5 Å². The zero-order valence-corrected chi connectivity index (χ0v) is 33.7. The second-order valence-electron chi connectivity index (χ2n) is 13.3. The molecule has 11 heteroatoms. The second-order valence-corrected chi connectivity index (χ2v) is 13.3. The number of rotatable bonds is 11. The summed E-state index contributed by atoms with van der Waals surface area (Å²) in [6.07, 6.45) is 14.4. The highest BCUT2D eigenvalue weighted by Crippen LogP contribution is 2.47. The van der Waals surface area contributed by atoms with Crippen molar-refractivity contribution in [3.05, 3.63) is 83.1 Å². The van der Waals surface area contributed by atoms with Crippen molar-refractivity contribution in [1.29, 1.82) is 5.26 Å². The summed E-state index contributed by atoms with van der Waals surface area (Å²) in [4.78, 5) is 28.1. The Morgan fingerprint density at radius 2 is 1.75 bits per heavy atom. The average Bonchev–Trinajstić information content (AvgIpc) is 3.63. The van der Waals surface area contributed by atoms with Crippen LogP contribution in [-0.4, -0.2) is 54.3 Å². The van der Waals surface area contributed by atoms with E-state index in [9.17, 15) is 14.9 Å². The van der Waals surface area contributed by atoms with Crippen molar-refractivity contribution in [2.45, 2.75) is 130 Å². The Labute approximate surface area is 320 Å². The largest absolute Gasteiger partial charge is 0.405 e. The number of nitriles is 1. The summed E-state index contributed by atoms with van der Waals surface area (Å²) in [6, 6.07) is 7.67. The summed E-state index contributed by atoms with van der Waals surface area (Å²) in [5.74, 6) is 13.0. The minimum absolute atomic E-state index is 0.0545. The molecule has 1 aliphatic heterocycles. The highest BCUT2D eigenvalue weighted by molar-refractivity contribution is 5.99. The molecule has 1 saturated heterocycles. The Balaban J connectivity index is 0.00000188. The van der Waals surface area contributed by atoms with Gasteiger partial charge in [-0.3, -0.25) is 9.59 Å². The van der Waals surface area contributed by atoms with E-state index < -0.39 is 5.41 Å². The van der Waals surface area contributed by atoms with Gasteiger partial charge in [-0.2, -0.15) is 10.4 Å². The van der Waals surface area contributed by atoms with Crippen LogP contribution in [0.5, 0.6) is 0 Å². The molecule has 0 radical (unpaired) electrons. The van der Waals surface area contributed by atoms with Gasteiger partial charge in [0.1, 0.15) is 6.04 Å². The van der Waals surface area contributed by atoms with Gasteiger partial charge in [0.05, 0.1) is 18.0 Å². The number of nitrogens with two attached hydrogens (primary N) is 3. The lowest BCUT2D eigenvalue weighted by atomic mass is 9.64. The van der Waals surface area contributed by atoms with E-state index in [1.54, 1.807) is 4.90 Å². The van der Waals surface area contributed by atoms with Gasteiger partial charge in [-0.05, 0) is 112 Å². The summed E-state index contributed by atoms with van der Waals surface area (Å²) in [5, 5.41) is 20.5. The average molecular weight is 732 g/mol. The fourth-order valence-electron chi connectivity index (χ4n) is 7.88. The predicted octanol–water partition coefficient (Wildman–Crippen LogP) is 6.39. The van der Waals surface area contributed by atoms with Crippen LogP contribution < -0.4 is 33.5 Å². The number of nitrogens with one attached hydrogen (secondary N) is 3. The van der Waals surface area contributed by atoms with Crippen LogP contribution in [0.3, 0.4) is 0 Å². The van der Waals surface area contributed by atoms with E-state index in [4.69, 9.17) is 11.7 Å². The minimum Gasteiger partial charge on any atom is -0.405 e. The standard InChI is InChI=1S/C36H52N8O2.C2H5N.2C2H6/c1-5-30-26(19-24(3)4)14-15-27-20-28(34(46)40-6-2)16-17-31(27)36(30,35(42-38)43-39)21-32(25-11-8-7-9-12-25)41-23-33(45)44-18-10-13-29(44)22-37;1-2-3;2*1-2/h5,16-17,19-20,25,29,32,41H,1,6-15,18,21,23,38-39H2,2-4H3,(H,40,46)(H,42,43);2H,1,3H2;2*1-2H3. The number of allylic oxidation sites excluding steroid dienone is 4. The smallest absolute Gasteiger partial charge is 0.251 e. The molecular formula is C42H69N9O2. The van der Waals surface area contributed by atoms with Crippen LogP contribution >= 0.6 is 0 Å². The molecule has 3 atom stereocenters. The highest BCUT2D eigenvalue weighted by Gasteiger charge is 2.47. The van der Waals surface area contributed by atoms with Crippen LogP contribution in [0, 0.1) is 17.2 Å². The first-order valence-corrected chi connectivity index (χ1v) is 19.6. The van der Waals surface area contributed by atoms with Gasteiger partial charge in [0.15, 0.2) is 5.84 Å². The van der Waals surface area contributed by atoms with E-state index in [-0.39, 0.29) is 30.4 Å². The molecule has 2 amide bonds. The molecular weight excluding hydrogens is 663 g/mol. The Morgan fingerprint density at radius 1 is 1.09 bits per heavy atom. The van der Waals surface area contributed by atoms with E-state index >= 15 is 0 Å². The third kappa shape index (κ3) is 12.1. The number of nitrogens with zero attached hydrogens (tertiary/aromatic N) is 3. The monoisotopic (exact) mass is 732 g/mol. The van der Waals surface area contributed by atoms with Gasteiger partial charge >= 0.3 is 0 Å². The lowest BCUT2D eigenvalue weighted by Gasteiger charge is -2.43. The van der Waals surface area contributed by atoms with Crippen molar-refractivity contribution in [3.63, 3.8) is 0 Å². The quantitative estimate of drug-likeness (QED) is 0.0654. The molecule has 53 heavy (non-hydrogen) atoms. The number of amides is 2. The molecule has 1 aromatic carbocycles. The zero-order chi connectivity index (χ0) is 40.0. The molecule has 3 aliphatic rings. The maximum Gasteiger partial charge on any atom is 0.251 e. The number of likely N-dealkylation sites (tertiary alicyclic amines) is 1. The van der Waals surface area contributed by atoms with E-state index in [1.165, 1.54) is 12.6 Å². The number of aryl methyl sites for hydroxylation is 1. The molecule has 9 N–H and O–H groups in total. The molecule has 3 unspecified atom stereocenters. The van der Waals surface area contributed by atoms with Crippen molar-refractivity contribution in [2.75, 3.05) is 19.6 Å². The number of hydrazone groups is 1. The predicted molar refractivity (Wildman–Crippen MR) is 220 cm³/mol. The number of carbonyl (C=O) groups is 2. The summed E-state index contributed by atoms with van der Waals surface area (Å²) in [6.45, 7) is 22.8. The highest BCUT2D eigenvalue weighted by atomic mass is 16.2. The third-order valence-corrected chi connectivity index (χ3v) is 9.95. The van der Waals surface area contributed by atoms with Crippen LogP contribution in [0.4, 0.5) is 0 Å². The van der Waals surface area contributed by atoms with E-state index in [0.29, 0.717) is 49.7 Å². The van der Waals surface area contributed by atoms with Crippen molar-refractivity contribution < 1.29 is 9.59 Å². The first kappa shape index (κ1) is 46.6. The summed E-state index contributed by atoms with van der Waals surface area (Å²) >= 11 is 0. The molecule has 0 bridgehead atoms. The van der Waals surface area contributed by atoms with Crippen molar-refractivity contribution >= 4 is 17.6 Å². The van der Waals surface area contributed by atoms with Gasteiger partial charge in [-0.1, -0.05) is 83.9 Å². The van der Waals surface area contributed by atoms with Crippen LogP contribution in [0.15, 0.2) is 71.5 Å². The van der Waals surface area contributed by atoms with Crippen LogP contribution in [0.2, 0.25) is 0 Å². The maximum atomic E-state index is 13.5. The minimum atomic E-state index is -0.945. The van der Waals surface area contributed by atoms with Crippen molar-refractivity contribution in [3.8, 4) is 6.07 Å². The van der Waals surface area contributed by atoms with Gasteiger partial charge in [0, 0.05) is 24.7 Å². The first-order valence-electron chi connectivity index (χ1n) is 19.6. The number of amidine groups is 1. The van der Waals surface area contributed by atoms with Gasteiger partial charge in [-0.15, -0.1) is 0 Å². The Bertz CT molecular complexity index is 1460. The summed E-state index contributed by atoms with van der Waals surface area (Å²) < 4.78 is 0. The number of carbonyl (C=O) groups excluding carboxylic acids is 2. The summed E-state index contributed by atoms with van der Waals surface area (Å²) in [7, 11) is 0. The first-order chi connectivity index (χ1) is 25.6. The number of hydrogen-bond donors (Lipinski definition) is 6. The number of benzene rings is 1. The van der Waals surface area contributed by atoms with E-state index in [2.05, 4.69) is 66.0 Å². The lowest BCUT2D eigenvalue weighted by Crippen LogP contribution is -2.55. The second kappa shape index (κ2) is 24.8. The van der Waals surface area contributed by atoms with Gasteiger partial charge in [-0.25, -0.2) is 5.84 Å². The molecule has 1 heterocycles. The summed E-state index contributed by atoms with van der Waals surface area (Å²) in [5.41, 5.74) is 12.3. The normalized spacial score (nSPS) is 20.2. The maximum absolute atomic E-state index is 13.5. The topological polar surface area (TPSA) is 188 Å². The molecule has 2 aliphatic carbocycles. The Hall–Kier alpha value is -4.40. The molecule has 2 fully saturated rings. The van der Waals surface area contributed by atoms with Gasteiger partial charge in [0.25, 0.3) is 5.91 Å². The lowest BCUT2D eigenvalue weighted by molar-refractivity contribution is -0.130. The van der Waals surface area contributed by atoms with E-state index in [1.807, 2.05) is 58.9 Å². The Morgan fingerprint density at radius 3 is 2.30 bits per heavy atom. The SMILES string of the molecule is C=CC1=C(C=C(C)C)CCc2cc(C(=O)NCC)ccc2C1(CC(NCC(=O)N1CCCC1C#N)C1CCCCC1)/C(=N/N)NN.C=CN.CC.CC. The fraction of sp³-hybridized carbons (Fsp3) is 0.571. The molecule has 4 rings (SSSR count). The molecule has 1 saturated carbocycles. The van der Waals surface area contributed by atoms with Crippen LogP contribution in [-0.2, 0) is 16.6 Å². The molecule has 11 nitrogen and oxygen atoms in total. The molecule has 1 aromatic rings. The fourth-order valence-corrected chi connectivity index (χ4v) is 7.88. The van der Waals surface area contributed by atoms with Crippen molar-refractivity contribution in [2.24, 2.45) is 28.4 Å². The Kier molecular flexibility index (Phi) is 21.8. The molecule has 294 valence electrons. The number of fused-ring (bicyclic) bond motifs is 1.